The largest absolute Gasteiger partial charge is 0.369 e. The number of nitrogens with one attached hydrogen (secondary N) is 2. The molecule has 2 fully saturated rings. The molecule has 1 aliphatic carbocycles. The van der Waals surface area contributed by atoms with Crippen LogP contribution in [0.15, 0.2) is 18.3 Å². The number of hydrogen-bond donors (Lipinski definition) is 3. The van der Waals surface area contributed by atoms with Gasteiger partial charge in [0.2, 0.25) is 23.7 Å². The first-order chi connectivity index (χ1) is 18.2. The van der Waals surface area contributed by atoms with Gasteiger partial charge in [-0.3, -0.25) is 14.2 Å². The zero-order valence-corrected chi connectivity index (χ0v) is 22.4. The van der Waals surface area contributed by atoms with Gasteiger partial charge in [-0.2, -0.15) is 4.98 Å². The number of benzene rings is 1. The van der Waals surface area contributed by atoms with Gasteiger partial charge in [0.05, 0.1) is 21.9 Å². The molecule has 38 heavy (non-hydrogen) atoms. The lowest BCUT2D eigenvalue weighted by molar-refractivity contribution is -0.129. The summed E-state index contributed by atoms with van der Waals surface area (Å²) in [6, 6.07) is 2.36. The van der Waals surface area contributed by atoms with Crippen LogP contribution in [0, 0.1) is 11.7 Å². The van der Waals surface area contributed by atoms with Crippen molar-refractivity contribution in [1.82, 2.24) is 24.4 Å². The minimum atomic E-state index is -0.545. The van der Waals surface area contributed by atoms with Crippen LogP contribution in [0.2, 0.25) is 10.0 Å². The summed E-state index contributed by atoms with van der Waals surface area (Å²) in [7, 11) is 0. The molecule has 1 saturated carbocycles. The minimum absolute atomic E-state index is 0.0262. The van der Waals surface area contributed by atoms with Gasteiger partial charge < -0.3 is 21.3 Å². The van der Waals surface area contributed by atoms with Gasteiger partial charge >= 0.3 is 0 Å². The topological polar surface area (TPSA) is 131 Å². The quantitative estimate of drug-likeness (QED) is 0.398. The number of rotatable bonds is 6. The standard InChI is InChI=1S/C25H29Cl2FN8O2/c1-13(37)35-8-2-3-16(12-35)31-24-30-11-20-23(34-24)36(17-6-4-14(5-7-17)22(29)38)25(32-20)33-21-18(26)9-15(28)10-19(21)27/h9-11,14,16-17H,2-8,12H2,1H3,(H2,29,38)(H,32,33)(H,30,31,34). The molecule has 3 heterocycles. The summed E-state index contributed by atoms with van der Waals surface area (Å²) < 4.78 is 15.8. The van der Waals surface area contributed by atoms with Gasteiger partial charge in [-0.05, 0) is 50.7 Å². The van der Waals surface area contributed by atoms with Crippen molar-refractivity contribution in [2.45, 2.75) is 57.5 Å². The number of nitrogens with two attached hydrogens (primary N) is 1. The summed E-state index contributed by atoms with van der Waals surface area (Å²) in [5.41, 5.74) is 7.03. The number of piperidine rings is 1. The van der Waals surface area contributed by atoms with Gasteiger partial charge in [0, 0.05) is 38.0 Å². The molecule has 202 valence electrons. The Morgan fingerprint density at radius 1 is 1.11 bits per heavy atom. The number of nitrogens with zero attached hydrogens (tertiary/aromatic N) is 5. The minimum Gasteiger partial charge on any atom is -0.369 e. The summed E-state index contributed by atoms with van der Waals surface area (Å²) in [6.45, 7) is 2.91. The Labute approximate surface area is 229 Å². The lowest BCUT2D eigenvalue weighted by atomic mass is 9.85. The fourth-order valence-corrected chi connectivity index (χ4v) is 5.90. The number of amides is 2. The molecule has 10 nitrogen and oxygen atoms in total. The third kappa shape index (κ3) is 5.49. The van der Waals surface area contributed by atoms with Gasteiger partial charge in [-0.15, -0.1) is 0 Å². The molecule has 13 heteroatoms. The van der Waals surface area contributed by atoms with Crippen LogP contribution in [0.5, 0.6) is 0 Å². The molecule has 2 aromatic heterocycles. The maximum Gasteiger partial charge on any atom is 0.225 e. The Balaban J connectivity index is 1.50. The molecule has 1 aliphatic heterocycles. The van der Waals surface area contributed by atoms with Crippen molar-refractivity contribution in [1.29, 1.82) is 0 Å². The molecule has 4 N–H and O–H groups in total. The van der Waals surface area contributed by atoms with Crippen molar-refractivity contribution in [3.8, 4) is 0 Å². The van der Waals surface area contributed by atoms with Gasteiger partial charge in [0.1, 0.15) is 11.3 Å². The van der Waals surface area contributed by atoms with Gasteiger partial charge in [0.15, 0.2) is 5.65 Å². The summed E-state index contributed by atoms with van der Waals surface area (Å²) >= 11 is 12.6. The van der Waals surface area contributed by atoms with Crippen LogP contribution in [-0.2, 0) is 9.59 Å². The summed E-state index contributed by atoms with van der Waals surface area (Å²) in [5, 5.41) is 6.78. The van der Waals surface area contributed by atoms with Crippen LogP contribution in [0.25, 0.3) is 11.2 Å². The van der Waals surface area contributed by atoms with Crippen LogP contribution in [-0.4, -0.2) is 55.4 Å². The van der Waals surface area contributed by atoms with Crippen molar-refractivity contribution in [3.05, 3.63) is 34.2 Å². The lowest BCUT2D eigenvalue weighted by Gasteiger charge is -2.32. The van der Waals surface area contributed by atoms with Gasteiger partial charge in [-0.1, -0.05) is 23.2 Å². The van der Waals surface area contributed by atoms with Gasteiger partial charge in [-0.25, -0.2) is 14.4 Å². The highest BCUT2D eigenvalue weighted by Crippen LogP contribution is 2.39. The second-order valence-corrected chi connectivity index (χ2v) is 10.7. The zero-order chi connectivity index (χ0) is 27.0. The first-order valence-corrected chi connectivity index (χ1v) is 13.4. The van der Waals surface area contributed by atoms with Crippen LogP contribution in [0.4, 0.5) is 22.0 Å². The average molecular weight is 563 g/mol. The van der Waals surface area contributed by atoms with E-state index in [1.165, 1.54) is 12.1 Å². The van der Waals surface area contributed by atoms with Crippen molar-refractivity contribution in [3.63, 3.8) is 0 Å². The zero-order valence-electron chi connectivity index (χ0n) is 20.9. The summed E-state index contributed by atoms with van der Waals surface area (Å²) in [5.74, 6) is -0.0826. The predicted molar refractivity (Wildman–Crippen MR) is 144 cm³/mol. The van der Waals surface area contributed by atoms with Crippen LogP contribution in [0.3, 0.4) is 0 Å². The fourth-order valence-electron chi connectivity index (χ4n) is 5.35. The Bertz CT molecular complexity index is 1350. The van der Waals surface area contributed by atoms with E-state index in [2.05, 4.69) is 15.6 Å². The molecule has 1 atom stereocenters. The highest BCUT2D eigenvalue weighted by atomic mass is 35.5. The lowest BCUT2D eigenvalue weighted by Crippen LogP contribution is -2.44. The van der Waals surface area contributed by atoms with Gasteiger partial charge in [0.25, 0.3) is 0 Å². The third-order valence-electron chi connectivity index (χ3n) is 7.34. The molecular weight excluding hydrogens is 534 g/mol. The van der Waals surface area contributed by atoms with E-state index in [-0.39, 0.29) is 39.9 Å². The fraction of sp³-hybridized carbons (Fsp3) is 0.480. The Morgan fingerprint density at radius 3 is 2.47 bits per heavy atom. The van der Waals surface area contributed by atoms with E-state index >= 15 is 0 Å². The van der Waals surface area contributed by atoms with Crippen molar-refractivity contribution >= 4 is 63.8 Å². The number of carbonyl (C=O) groups is 2. The second-order valence-electron chi connectivity index (χ2n) is 9.93. The molecule has 2 amide bonds. The highest BCUT2D eigenvalue weighted by molar-refractivity contribution is 6.39. The number of likely N-dealkylation sites (tertiary alicyclic amines) is 1. The van der Waals surface area contributed by atoms with E-state index < -0.39 is 5.82 Å². The van der Waals surface area contributed by atoms with Crippen molar-refractivity contribution in [2.75, 3.05) is 23.7 Å². The monoisotopic (exact) mass is 562 g/mol. The number of halogens is 3. The van der Waals surface area contributed by atoms with E-state index in [0.29, 0.717) is 61.0 Å². The maximum atomic E-state index is 13.8. The molecule has 1 aromatic carbocycles. The molecule has 0 bridgehead atoms. The first-order valence-electron chi connectivity index (χ1n) is 12.7. The summed E-state index contributed by atoms with van der Waals surface area (Å²) in [6.07, 6.45) is 6.13. The molecular formula is C25H29Cl2FN8O2. The number of fused-ring (bicyclic) bond motifs is 1. The molecule has 5 rings (SSSR count). The number of imidazole rings is 1. The summed E-state index contributed by atoms with van der Waals surface area (Å²) in [4.78, 5) is 39.4. The Hall–Kier alpha value is -3.18. The van der Waals surface area contributed by atoms with Crippen LogP contribution in [0.1, 0.15) is 51.5 Å². The predicted octanol–water partition coefficient (Wildman–Crippen LogP) is 4.66. The average Bonchev–Trinajstić information content (AvgIpc) is 3.23. The molecule has 1 saturated heterocycles. The highest BCUT2D eigenvalue weighted by Gasteiger charge is 2.30. The number of carbonyl (C=O) groups excluding carboxylic acids is 2. The first kappa shape index (κ1) is 26.4. The number of hydrogen-bond acceptors (Lipinski definition) is 7. The smallest absolute Gasteiger partial charge is 0.225 e. The SMILES string of the molecule is CC(=O)N1CCCC(Nc2ncc3nc(Nc4c(Cl)cc(F)cc4Cl)n(C4CCC(C(N)=O)CC4)c3n2)C1. The van der Waals surface area contributed by atoms with Crippen molar-refractivity contribution in [2.24, 2.45) is 11.7 Å². The molecule has 0 radical (unpaired) electrons. The van der Waals surface area contributed by atoms with E-state index in [0.717, 1.165) is 19.4 Å². The van der Waals surface area contributed by atoms with E-state index in [1.807, 2.05) is 9.47 Å². The Kier molecular flexibility index (Phi) is 7.58. The number of primary amides is 1. The second kappa shape index (κ2) is 10.9. The molecule has 0 spiro atoms. The van der Waals surface area contributed by atoms with Crippen molar-refractivity contribution < 1.29 is 14.0 Å². The number of anilines is 3. The maximum absolute atomic E-state index is 13.8. The Morgan fingerprint density at radius 2 is 1.82 bits per heavy atom. The van der Waals surface area contributed by atoms with E-state index in [4.69, 9.17) is 38.9 Å². The van der Waals surface area contributed by atoms with E-state index in [9.17, 15) is 14.0 Å². The number of aromatic nitrogens is 4. The molecule has 1 unspecified atom stereocenters. The van der Waals surface area contributed by atoms with Crippen LogP contribution >= 0.6 is 23.2 Å². The van der Waals surface area contributed by atoms with E-state index in [1.54, 1.807) is 13.1 Å². The molecule has 3 aromatic rings. The third-order valence-corrected chi connectivity index (χ3v) is 7.94. The normalized spacial score (nSPS) is 21.9. The molecule has 2 aliphatic rings. The van der Waals surface area contributed by atoms with Crippen LogP contribution < -0.4 is 16.4 Å².